The first-order valence-electron chi connectivity index (χ1n) is 10.9. The van der Waals surface area contributed by atoms with E-state index in [-0.39, 0.29) is 18.4 Å². The van der Waals surface area contributed by atoms with Gasteiger partial charge in [-0.3, -0.25) is 9.69 Å². The molecule has 1 amide bonds. The first-order valence-corrected chi connectivity index (χ1v) is 13.6. The van der Waals surface area contributed by atoms with E-state index in [1.807, 2.05) is 23.1 Å². The predicted octanol–water partition coefficient (Wildman–Crippen LogP) is 3.03. The van der Waals surface area contributed by atoms with E-state index in [1.54, 1.807) is 23.6 Å². The fraction of sp³-hybridized carbons (Fsp3) is 0.500. The predicted molar refractivity (Wildman–Crippen MR) is 126 cm³/mol. The van der Waals surface area contributed by atoms with Crippen molar-refractivity contribution >= 4 is 38.9 Å². The van der Waals surface area contributed by atoms with E-state index in [1.165, 1.54) is 15.6 Å². The van der Waals surface area contributed by atoms with E-state index in [0.29, 0.717) is 47.6 Å². The van der Waals surface area contributed by atoms with Crippen LogP contribution in [-0.4, -0.2) is 80.9 Å². The van der Waals surface area contributed by atoms with Gasteiger partial charge in [0, 0.05) is 45.8 Å². The summed E-state index contributed by atoms with van der Waals surface area (Å²) < 4.78 is 33.3. The van der Waals surface area contributed by atoms with Crippen LogP contribution in [-0.2, 0) is 14.8 Å². The number of carbonyl (C=O) groups excluding carboxylic acids is 1. The lowest BCUT2D eigenvalue weighted by molar-refractivity contribution is -0.138. The van der Waals surface area contributed by atoms with Crippen LogP contribution in [0.25, 0.3) is 0 Å². The minimum absolute atomic E-state index is 0.0723. The van der Waals surface area contributed by atoms with Gasteiger partial charge in [-0.2, -0.15) is 4.31 Å². The van der Waals surface area contributed by atoms with Gasteiger partial charge in [-0.05, 0) is 36.4 Å². The molecule has 2 aliphatic heterocycles. The van der Waals surface area contributed by atoms with Crippen LogP contribution in [0.2, 0.25) is 5.02 Å². The van der Waals surface area contributed by atoms with Crippen molar-refractivity contribution in [3.63, 3.8) is 0 Å². The molecule has 0 bridgehead atoms. The van der Waals surface area contributed by atoms with E-state index in [9.17, 15) is 13.2 Å². The molecule has 32 heavy (non-hydrogen) atoms. The Morgan fingerprint density at radius 2 is 1.88 bits per heavy atom. The normalized spacial score (nSPS) is 20.9. The highest BCUT2D eigenvalue weighted by molar-refractivity contribution is 7.91. The van der Waals surface area contributed by atoms with E-state index >= 15 is 0 Å². The zero-order valence-corrected chi connectivity index (χ0v) is 20.2. The molecule has 2 fully saturated rings. The molecule has 2 aromatic rings. The van der Waals surface area contributed by atoms with Gasteiger partial charge >= 0.3 is 0 Å². The number of rotatable bonds is 7. The number of benzene rings is 1. The lowest BCUT2D eigenvalue weighted by Gasteiger charge is -2.38. The van der Waals surface area contributed by atoms with Crippen LogP contribution in [0.5, 0.6) is 5.75 Å². The molecule has 0 saturated carbocycles. The molecule has 2 aliphatic rings. The molecule has 1 atom stereocenters. The molecule has 0 N–H and O–H groups in total. The van der Waals surface area contributed by atoms with Crippen molar-refractivity contribution in [1.82, 2.24) is 14.1 Å². The van der Waals surface area contributed by atoms with Crippen molar-refractivity contribution in [1.29, 1.82) is 0 Å². The molecule has 174 valence electrons. The van der Waals surface area contributed by atoms with Crippen molar-refractivity contribution in [2.24, 2.45) is 5.92 Å². The Labute approximate surface area is 198 Å². The lowest BCUT2D eigenvalue weighted by atomic mass is 9.98. The van der Waals surface area contributed by atoms with E-state index in [0.717, 1.165) is 26.1 Å². The summed E-state index contributed by atoms with van der Waals surface area (Å²) in [6, 6.07) is 10.8. The number of ether oxygens (including phenoxy) is 1. The second-order valence-electron chi connectivity index (χ2n) is 8.08. The minimum atomic E-state index is -3.51. The van der Waals surface area contributed by atoms with E-state index < -0.39 is 10.0 Å². The van der Waals surface area contributed by atoms with Crippen LogP contribution < -0.4 is 4.74 Å². The Bertz CT molecular complexity index is 1010. The van der Waals surface area contributed by atoms with Crippen molar-refractivity contribution in [2.45, 2.75) is 17.1 Å². The molecular weight excluding hydrogens is 470 g/mol. The number of halogens is 1. The van der Waals surface area contributed by atoms with Crippen molar-refractivity contribution in [2.75, 3.05) is 52.4 Å². The number of piperidine rings is 1. The minimum Gasteiger partial charge on any atom is -0.491 e. The molecule has 4 rings (SSSR count). The monoisotopic (exact) mass is 497 g/mol. The van der Waals surface area contributed by atoms with Gasteiger partial charge in [-0.1, -0.05) is 29.8 Å². The number of para-hydroxylation sites is 1. The van der Waals surface area contributed by atoms with Crippen LogP contribution in [0, 0.1) is 5.92 Å². The molecular formula is C22H28ClN3O4S2. The lowest BCUT2D eigenvalue weighted by Crippen LogP contribution is -2.53. The van der Waals surface area contributed by atoms with Gasteiger partial charge in [0.15, 0.2) is 0 Å². The van der Waals surface area contributed by atoms with Crippen LogP contribution in [0.4, 0.5) is 0 Å². The third kappa shape index (κ3) is 5.46. The standard InChI is InChI=1S/C22H28ClN3O4S2/c23-19-6-1-2-7-20(19)30-15-14-24-10-12-25(13-11-24)22(27)18-5-3-9-26(17-18)32(28,29)21-8-4-16-31-21/h1-2,4,6-8,16,18H,3,5,9-15,17H2. The highest BCUT2D eigenvalue weighted by Gasteiger charge is 2.36. The second kappa shape index (κ2) is 10.5. The quantitative estimate of drug-likeness (QED) is 0.588. The second-order valence-corrected chi connectivity index (χ2v) is 11.6. The fourth-order valence-electron chi connectivity index (χ4n) is 4.20. The van der Waals surface area contributed by atoms with Crippen LogP contribution in [0.15, 0.2) is 46.0 Å². The number of sulfonamides is 1. The Hall–Kier alpha value is -1.65. The first kappa shape index (κ1) is 23.5. The zero-order valence-electron chi connectivity index (χ0n) is 17.9. The van der Waals surface area contributed by atoms with Crippen LogP contribution in [0.1, 0.15) is 12.8 Å². The Balaban J connectivity index is 1.25. The van der Waals surface area contributed by atoms with E-state index in [4.69, 9.17) is 16.3 Å². The zero-order chi connectivity index (χ0) is 22.6. The Morgan fingerprint density at radius 1 is 1.09 bits per heavy atom. The molecule has 1 aromatic carbocycles. The molecule has 0 aliphatic carbocycles. The summed E-state index contributed by atoms with van der Waals surface area (Å²) in [4.78, 5) is 17.3. The summed E-state index contributed by atoms with van der Waals surface area (Å²) >= 11 is 7.34. The number of amides is 1. The summed E-state index contributed by atoms with van der Waals surface area (Å²) in [6.07, 6.45) is 1.45. The van der Waals surface area contributed by atoms with Gasteiger partial charge in [0.25, 0.3) is 10.0 Å². The highest BCUT2D eigenvalue weighted by Crippen LogP contribution is 2.27. The number of piperazine rings is 1. The third-order valence-corrected chi connectivity index (χ3v) is 9.56. The maximum absolute atomic E-state index is 13.1. The molecule has 1 aromatic heterocycles. The largest absolute Gasteiger partial charge is 0.491 e. The molecule has 10 heteroatoms. The number of nitrogens with zero attached hydrogens (tertiary/aromatic N) is 3. The smallest absolute Gasteiger partial charge is 0.252 e. The summed E-state index contributed by atoms with van der Waals surface area (Å²) in [5, 5.41) is 2.36. The van der Waals surface area contributed by atoms with Gasteiger partial charge in [0.05, 0.1) is 10.9 Å². The van der Waals surface area contributed by atoms with Crippen molar-refractivity contribution < 1.29 is 17.9 Å². The summed E-state index contributed by atoms with van der Waals surface area (Å²) in [5.41, 5.74) is 0. The molecule has 0 radical (unpaired) electrons. The van der Waals surface area contributed by atoms with Gasteiger partial charge in [-0.25, -0.2) is 8.42 Å². The highest BCUT2D eigenvalue weighted by atomic mass is 35.5. The van der Waals surface area contributed by atoms with E-state index in [2.05, 4.69) is 4.90 Å². The van der Waals surface area contributed by atoms with Crippen molar-refractivity contribution in [3.05, 3.63) is 46.8 Å². The number of carbonyl (C=O) groups is 1. The van der Waals surface area contributed by atoms with Gasteiger partial charge in [-0.15, -0.1) is 11.3 Å². The number of hydrogen-bond acceptors (Lipinski definition) is 6. The van der Waals surface area contributed by atoms with Gasteiger partial charge in [0.2, 0.25) is 5.91 Å². The SMILES string of the molecule is O=C(C1CCCN(S(=O)(=O)c2cccs2)C1)N1CCN(CCOc2ccccc2Cl)CC1. The topological polar surface area (TPSA) is 70.2 Å². The van der Waals surface area contributed by atoms with Crippen LogP contribution in [0.3, 0.4) is 0 Å². The maximum atomic E-state index is 13.1. The van der Waals surface area contributed by atoms with Gasteiger partial charge in [0.1, 0.15) is 16.6 Å². The summed E-state index contributed by atoms with van der Waals surface area (Å²) in [6.45, 7) is 4.91. The number of thiophene rings is 1. The molecule has 0 spiro atoms. The average molecular weight is 498 g/mol. The molecule has 7 nitrogen and oxygen atoms in total. The van der Waals surface area contributed by atoms with Gasteiger partial charge < -0.3 is 9.64 Å². The van der Waals surface area contributed by atoms with Crippen LogP contribution >= 0.6 is 22.9 Å². The third-order valence-electron chi connectivity index (χ3n) is 6.01. The summed E-state index contributed by atoms with van der Waals surface area (Å²) in [7, 11) is -3.51. The first-order chi connectivity index (χ1) is 15.4. The Morgan fingerprint density at radius 3 is 2.59 bits per heavy atom. The Kier molecular flexibility index (Phi) is 7.73. The molecule has 2 saturated heterocycles. The summed E-state index contributed by atoms with van der Waals surface area (Å²) in [5.74, 6) is 0.485. The fourth-order valence-corrected chi connectivity index (χ4v) is 7.06. The number of hydrogen-bond donors (Lipinski definition) is 0. The van der Waals surface area contributed by atoms with Crippen molar-refractivity contribution in [3.8, 4) is 5.75 Å². The molecule has 3 heterocycles. The average Bonchev–Trinajstić information content (AvgIpc) is 3.36. The maximum Gasteiger partial charge on any atom is 0.252 e. The molecule has 1 unspecified atom stereocenters.